The molecule has 0 spiro atoms. The zero-order valence-electron chi connectivity index (χ0n) is 27.0. The molecule has 0 aromatic carbocycles. The van der Waals surface area contributed by atoms with Gasteiger partial charge in [-0.2, -0.15) is 0 Å². The van der Waals surface area contributed by atoms with Crippen molar-refractivity contribution >= 4 is 29.8 Å². The first-order chi connectivity index (χ1) is 20.7. The number of likely N-dealkylation sites (N-methyl/N-ethyl adjacent to an activating group) is 2. The summed E-state index contributed by atoms with van der Waals surface area (Å²) in [5.74, 6) is -3.12. The van der Waals surface area contributed by atoms with Crippen molar-refractivity contribution in [3.05, 3.63) is 0 Å². The molecule has 0 aliphatic carbocycles. The molecule has 0 radical (unpaired) electrons. The van der Waals surface area contributed by atoms with Crippen LogP contribution in [0.5, 0.6) is 0 Å². The number of nitrogens with one attached hydrogen (secondary N) is 2. The SMILES string of the molecule is CCN(C(=O)CC(N)CC(=O)N(C)C[C@H](O)[C@@H](O)[C@H](O)[C@H](O)CO)[C@@H](CCCCNC(=O)OC(C)(C)C)C(=O)N[C@@H](C)C(=O)O. The van der Waals surface area contributed by atoms with Gasteiger partial charge in [-0.3, -0.25) is 19.2 Å². The van der Waals surface area contributed by atoms with Crippen LogP contribution in [0.25, 0.3) is 0 Å². The molecule has 0 fully saturated rings. The molecule has 4 amide bonds. The molecule has 0 saturated heterocycles. The lowest BCUT2D eigenvalue weighted by atomic mass is 10.0. The number of hydrogen-bond acceptors (Lipinski definition) is 12. The summed E-state index contributed by atoms with van der Waals surface area (Å²) >= 11 is 0. The van der Waals surface area contributed by atoms with E-state index in [9.17, 15) is 49.5 Å². The molecule has 45 heavy (non-hydrogen) atoms. The maximum atomic E-state index is 13.3. The Bertz CT molecular complexity index is 963. The fourth-order valence-electron chi connectivity index (χ4n) is 4.19. The summed E-state index contributed by atoms with van der Waals surface area (Å²) in [6.45, 7) is 7.08. The Morgan fingerprint density at radius 3 is 2.00 bits per heavy atom. The smallest absolute Gasteiger partial charge is 0.407 e. The second-order valence-corrected chi connectivity index (χ2v) is 11.9. The molecular formula is C28H53N5O12. The average molecular weight is 652 g/mol. The maximum Gasteiger partial charge on any atom is 0.407 e. The normalized spacial score (nSPS) is 16.3. The number of alkyl carbamates (subject to hydrolysis) is 1. The van der Waals surface area contributed by atoms with Crippen LogP contribution < -0.4 is 16.4 Å². The molecule has 17 nitrogen and oxygen atoms in total. The lowest BCUT2D eigenvalue weighted by molar-refractivity contribution is -0.144. The Hall–Kier alpha value is -3.09. The zero-order chi connectivity index (χ0) is 35.1. The summed E-state index contributed by atoms with van der Waals surface area (Å²) in [6, 6.07) is -3.29. The van der Waals surface area contributed by atoms with Crippen molar-refractivity contribution in [1.29, 1.82) is 0 Å². The number of nitrogens with two attached hydrogens (primary N) is 1. The predicted octanol–water partition coefficient (Wildman–Crippen LogP) is -2.51. The molecule has 0 aromatic rings. The van der Waals surface area contributed by atoms with Gasteiger partial charge in [-0.25, -0.2) is 4.79 Å². The molecule has 0 aliphatic heterocycles. The highest BCUT2D eigenvalue weighted by Gasteiger charge is 2.33. The van der Waals surface area contributed by atoms with Gasteiger partial charge in [0.2, 0.25) is 17.7 Å². The number of aliphatic hydroxyl groups is 5. The van der Waals surface area contributed by atoms with Crippen molar-refractivity contribution in [2.24, 2.45) is 5.73 Å². The van der Waals surface area contributed by atoms with Crippen LogP contribution in [0.1, 0.15) is 66.7 Å². The van der Waals surface area contributed by atoms with E-state index in [-0.39, 0.29) is 32.4 Å². The van der Waals surface area contributed by atoms with Crippen molar-refractivity contribution < 1.29 is 59.3 Å². The van der Waals surface area contributed by atoms with Crippen molar-refractivity contribution in [1.82, 2.24) is 20.4 Å². The van der Waals surface area contributed by atoms with E-state index in [1.165, 1.54) is 18.9 Å². The van der Waals surface area contributed by atoms with E-state index >= 15 is 0 Å². The van der Waals surface area contributed by atoms with Gasteiger partial charge in [0, 0.05) is 45.6 Å². The topological polar surface area (TPSA) is 273 Å². The number of aliphatic hydroxyl groups excluding tert-OH is 5. The summed E-state index contributed by atoms with van der Waals surface area (Å²) in [6.07, 6.45) is -7.45. The third-order valence-corrected chi connectivity index (χ3v) is 6.73. The fourth-order valence-corrected chi connectivity index (χ4v) is 4.19. The average Bonchev–Trinajstić information content (AvgIpc) is 2.93. The van der Waals surface area contributed by atoms with Gasteiger partial charge >= 0.3 is 12.1 Å². The largest absolute Gasteiger partial charge is 0.480 e. The van der Waals surface area contributed by atoms with E-state index in [2.05, 4.69) is 10.6 Å². The number of unbranched alkanes of at least 4 members (excludes halogenated alkanes) is 1. The Kier molecular flexibility index (Phi) is 18.7. The highest BCUT2D eigenvalue weighted by atomic mass is 16.6. The van der Waals surface area contributed by atoms with E-state index < -0.39 is 91.1 Å². The summed E-state index contributed by atoms with van der Waals surface area (Å²) < 4.78 is 5.17. The third kappa shape index (κ3) is 16.2. The molecule has 17 heteroatoms. The van der Waals surface area contributed by atoms with Gasteiger partial charge in [0.15, 0.2) is 0 Å². The van der Waals surface area contributed by atoms with Gasteiger partial charge in [0.25, 0.3) is 0 Å². The molecule has 0 bridgehead atoms. The monoisotopic (exact) mass is 651 g/mol. The first kappa shape index (κ1) is 41.9. The molecule has 10 N–H and O–H groups in total. The maximum absolute atomic E-state index is 13.3. The Morgan fingerprint density at radius 1 is 0.933 bits per heavy atom. The minimum absolute atomic E-state index is 0.0706. The number of ether oxygens (including phenoxy) is 1. The van der Waals surface area contributed by atoms with Gasteiger partial charge in [-0.15, -0.1) is 0 Å². The second kappa shape index (κ2) is 20.1. The number of hydrogen-bond donors (Lipinski definition) is 9. The van der Waals surface area contributed by atoms with Gasteiger partial charge in [-0.05, 0) is 53.9 Å². The molecule has 0 heterocycles. The lowest BCUT2D eigenvalue weighted by Crippen LogP contribution is -2.53. The minimum Gasteiger partial charge on any atom is -0.480 e. The standard InChI is InChI=1S/C28H53N5O12/c1-7-33(18(25(41)31-16(2)26(42)43)10-8-9-11-30-27(44)45-28(3,4)5)22(38)13-17(29)12-21(37)32(6)14-19(35)23(39)24(40)20(36)15-34/h16-20,23-24,34-36,39-40H,7-15,29H2,1-6H3,(H,30,44)(H,31,41)(H,42,43)/t16-,17?,18-,19-,20+,23+,24+/m0/s1. The van der Waals surface area contributed by atoms with Crippen molar-refractivity contribution in [2.45, 2.75) is 115 Å². The number of rotatable bonds is 20. The van der Waals surface area contributed by atoms with Crippen LogP contribution in [0, 0.1) is 0 Å². The minimum atomic E-state index is -1.87. The molecule has 0 aliphatic rings. The van der Waals surface area contributed by atoms with E-state index in [4.69, 9.17) is 15.6 Å². The molecule has 1 unspecified atom stereocenters. The number of amides is 4. The number of carbonyl (C=O) groups is 5. The van der Waals surface area contributed by atoms with Crippen LogP contribution in [0.4, 0.5) is 4.79 Å². The number of nitrogens with zero attached hydrogens (tertiary/aromatic N) is 2. The highest BCUT2D eigenvalue weighted by Crippen LogP contribution is 2.14. The summed E-state index contributed by atoms with van der Waals surface area (Å²) in [4.78, 5) is 64.4. The Morgan fingerprint density at radius 2 is 1.49 bits per heavy atom. The number of carboxylic acid groups (broad SMARTS) is 1. The van der Waals surface area contributed by atoms with Crippen molar-refractivity contribution in [3.63, 3.8) is 0 Å². The Labute approximate surface area is 263 Å². The van der Waals surface area contributed by atoms with E-state index in [1.54, 1.807) is 27.7 Å². The van der Waals surface area contributed by atoms with Gasteiger partial charge in [0.05, 0.1) is 6.61 Å². The molecule has 7 atom stereocenters. The van der Waals surface area contributed by atoms with Crippen LogP contribution >= 0.6 is 0 Å². The van der Waals surface area contributed by atoms with Crippen molar-refractivity contribution in [3.8, 4) is 0 Å². The van der Waals surface area contributed by atoms with E-state index in [1.807, 2.05) is 0 Å². The summed E-state index contributed by atoms with van der Waals surface area (Å²) in [5.41, 5.74) is 5.40. The second-order valence-electron chi connectivity index (χ2n) is 11.9. The number of carbonyl (C=O) groups excluding carboxylic acids is 4. The van der Waals surface area contributed by atoms with Crippen LogP contribution in [0.15, 0.2) is 0 Å². The van der Waals surface area contributed by atoms with Gasteiger partial charge in [-0.1, -0.05) is 0 Å². The van der Waals surface area contributed by atoms with Gasteiger partial charge < -0.3 is 61.5 Å². The highest BCUT2D eigenvalue weighted by molar-refractivity contribution is 5.90. The van der Waals surface area contributed by atoms with Crippen molar-refractivity contribution in [2.75, 3.05) is 33.3 Å². The molecule has 0 rings (SSSR count). The van der Waals surface area contributed by atoms with Crippen LogP contribution in [0.3, 0.4) is 0 Å². The lowest BCUT2D eigenvalue weighted by Gasteiger charge is -2.32. The van der Waals surface area contributed by atoms with Gasteiger partial charge in [0.1, 0.15) is 42.1 Å². The molecule has 0 saturated carbocycles. The zero-order valence-corrected chi connectivity index (χ0v) is 27.0. The quantitative estimate of drug-likeness (QED) is 0.0616. The van der Waals surface area contributed by atoms with Crippen LogP contribution in [0.2, 0.25) is 0 Å². The molecule has 0 aromatic heterocycles. The number of aliphatic carboxylic acids is 1. The van der Waals surface area contributed by atoms with E-state index in [0.29, 0.717) is 12.8 Å². The van der Waals surface area contributed by atoms with Crippen LogP contribution in [-0.4, -0.2) is 152 Å². The third-order valence-electron chi connectivity index (χ3n) is 6.73. The first-order valence-electron chi connectivity index (χ1n) is 14.9. The van der Waals surface area contributed by atoms with Crippen LogP contribution in [-0.2, 0) is 23.9 Å². The summed E-state index contributed by atoms with van der Waals surface area (Å²) in [5, 5.41) is 62.4. The fraction of sp³-hybridized carbons (Fsp3) is 0.821. The Balaban J connectivity index is 5.33. The molecular weight excluding hydrogens is 598 g/mol. The summed E-state index contributed by atoms with van der Waals surface area (Å²) in [7, 11) is 1.29. The van der Waals surface area contributed by atoms with E-state index in [0.717, 1.165) is 4.90 Å². The number of carboxylic acids is 1. The predicted molar refractivity (Wildman–Crippen MR) is 160 cm³/mol. The first-order valence-corrected chi connectivity index (χ1v) is 14.9. The molecule has 262 valence electrons.